The second-order valence-electron chi connectivity index (χ2n) is 10.1. The molecule has 0 amide bonds. The number of aliphatic carboxylic acids is 1. The first-order chi connectivity index (χ1) is 20.4. The number of carboxylic acid groups (broad SMARTS) is 1. The lowest BCUT2D eigenvalue weighted by molar-refractivity contribution is -0.144. The highest BCUT2D eigenvalue weighted by molar-refractivity contribution is 9.10. The molecule has 214 valence electrons. The van der Waals surface area contributed by atoms with Gasteiger partial charge in [0.2, 0.25) is 0 Å². The quantitative estimate of drug-likeness (QED) is 0.189. The van der Waals surface area contributed by atoms with Crippen LogP contribution in [0.15, 0.2) is 83.5 Å². The Hall–Kier alpha value is -3.90. The number of piperidine rings is 1. The van der Waals surface area contributed by atoms with E-state index in [-0.39, 0.29) is 13.2 Å². The van der Waals surface area contributed by atoms with Gasteiger partial charge in [-0.1, -0.05) is 66.6 Å². The lowest BCUT2D eigenvalue weighted by Gasteiger charge is -2.33. The number of benzene rings is 3. The normalized spacial score (nSPS) is 15.1. The first kappa shape index (κ1) is 29.6. The van der Waals surface area contributed by atoms with Gasteiger partial charge >= 0.3 is 5.97 Å². The standard InChI is InChI=1S/C33H29BrClN3O4/c34-32-24(9-6-10-27(32)23-7-2-1-3-8-23)21-42-31-17-30(41-20-22-12-13-37-26(15-22)18-36)25(16-28(31)35)19-38-14-5-4-11-29(38)33(39)40/h1-3,6-10,12-13,15-17,29H,4-5,11,14,19-21H2,(H,39,40). The minimum absolute atomic E-state index is 0.193. The minimum Gasteiger partial charge on any atom is -0.488 e. The van der Waals surface area contributed by atoms with Crippen molar-refractivity contribution in [2.75, 3.05) is 6.54 Å². The number of hydrogen-bond acceptors (Lipinski definition) is 6. The summed E-state index contributed by atoms with van der Waals surface area (Å²) in [6.07, 6.45) is 3.99. The zero-order valence-corrected chi connectivity index (χ0v) is 25.1. The van der Waals surface area contributed by atoms with Crippen LogP contribution in [-0.2, 0) is 24.6 Å². The zero-order chi connectivity index (χ0) is 29.5. The van der Waals surface area contributed by atoms with Gasteiger partial charge in [-0.25, -0.2) is 4.98 Å². The van der Waals surface area contributed by atoms with E-state index in [2.05, 4.69) is 39.1 Å². The molecule has 1 saturated heterocycles. The third-order valence-electron chi connectivity index (χ3n) is 7.27. The summed E-state index contributed by atoms with van der Waals surface area (Å²) in [5, 5.41) is 19.4. The molecule has 1 fully saturated rings. The molecule has 4 aromatic rings. The van der Waals surface area contributed by atoms with Crippen molar-refractivity contribution in [3.63, 3.8) is 0 Å². The van der Waals surface area contributed by atoms with Gasteiger partial charge in [0, 0.05) is 34.4 Å². The first-order valence-electron chi connectivity index (χ1n) is 13.7. The molecule has 0 saturated carbocycles. The van der Waals surface area contributed by atoms with Crippen LogP contribution in [0.1, 0.15) is 41.6 Å². The molecule has 1 aromatic heterocycles. The third-order valence-corrected chi connectivity index (χ3v) is 8.50. The van der Waals surface area contributed by atoms with Crippen LogP contribution in [0.25, 0.3) is 11.1 Å². The van der Waals surface area contributed by atoms with E-state index in [1.54, 1.807) is 30.5 Å². The number of ether oxygens (including phenoxy) is 2. The molecule has 0 spiro atoms. The molecule has 1 aliphatic heterocycles. The highest BCUT2D eigenvalue weighted by atomic mass is 79.9. The summed E-state index contributed by atoms with van der Waals surface area (Å²) in [7, 11) is 0. The molecule has 42 heavy (non-hydrogen) atoms. The van der Waals surface area contributed by atoms with Crippen LogP contribution in [0.2, 0.25) is 5.02 Å². The Bertz CT molecular complexity index is 1610. The van der Waals surface area contributed by atoms with E-state index in [1.807, 2.05) is 41.3 Å². The summed E-state index contributed by atoms with van der Waals surface area (Å²) in [6.45, 7) is 1.51. The van der Waals surface area contributed by atoms with Crippen LogP contribution < -0.4 is 9.47 Å². The maximum atomic E-state index is 11.9. The van der Waals surface area contributed by atoms with E-state index >= 15 is 0 Å². The van der Waals surface area contributed by atoms with Gasteiger partial charge in [-0.15, -0.1) is 0 Å². The predicted molar refractivity (Wildman–Crippen MR) is 164 cm³/mol. The lowest BCUT2D eigenvalue weighted by Crippen LogP contribution is -2.44. The Morgan fingerprint density at radius 3 is 2.62 bits per heavy atom. The molecule has 0 aliphatic carbocycles. The van der Waals surface area contributed by atoms with Gasteiger partial charge in [-0.2, -0.15) is 5.26 Å². The summed E-state index contributed by atoms with van der Waals surface area (Å²) in [6, 6.07) is 24.7. The van der Waals surface area contributed by atoms with Crippen molar-refractivity contribution in [2.24, 2.45) is 0 Å². The van der Waals surface area contributed by atoms with Crippen LogP contribution in [0.3, 0.4) is 0 Å². The van der Waals surface area contributed by atoms with Gasteiger partial charge in [-0.05, 0) is 70.2 Å². The molecule has 1 N–H and O–H groups in total. The second-order valence-corrected chi connectivity index (χ2v) is 11.3. The summed E-state index contributed by atoms with van der Waals surface area (Å²) >= 11 is 10.5. The Kier molecular flexibility index (Phi) is 9.75. The summed E-state index contributed by atoms with van der Waals surface area (Å²) in [4.78, 5) is 17.9. The van der Waals surface area contributed by atoms with Gasteiger partial charge < -0.3 is 14.6 Å². The van der Waals surface area contributed by atoms with Crippen molar-refractivity contribution >= 4 is 33.5 Å². The Balaban J connectivity index is 1.41. The van der Waals surface area contributed by atoms with Crippen molar-refractivity contribution in [1.82, 2.24) is 9.88 Å². The van der Waals surface area contributed by atoms with Crippen LogP contribution in [0, 0.1) is 11.3 Å². The van der Waals surface area contributed by atoms with E-state index in [1.165, 1.54) is 0 Å². The molecule has 2 heterocycles. The highest BCUT2D eigenvalue weighted by Gasteiger charge is 2.29. The van der Waals surface area contributed by atoms with Crippen LogP contribution in [-0.4, -0.2) is 33.5 Å². The van der Waals surface area contributed by atoms with Gasteiger partial charge in [0.15, 0.2) is 0 Å². The average molecular weight is 647 g/mol. The topological polar surface area (TPSA) is 95.7 Å². The second kappa shape index (κ2) is 13.8. The number of nitrogens with zero attached hydrogens (tertiary/aromatic N) is 3. The minimum atomic E-state index is -0.827. The van der Waals surface area contributed by atoms with E-state index < -0.39 is 12.0 Å². The molecular weight excluding hydrogens is 618 g/mol. The predicted octanol–water partition coefficient (Wildman–Crippen LogP) is 7.63. The van der Waals surface area contributed by atoms with E-state index in [0.717, 1.165) is 45.1 Å². The van der Waals surface area contributed by atoms with E-state index in [0.29, 0.717) is 41.7 Å². The lowest BCUT2D eigenvalue weighted by atomic mass is 10.0. The van der Waals surface area contributed by atoms with Crippen molar-refractivity contribution in [1.29, 1.82) is 5.26 Å². The van der Waals surface area contributed by atoms with Crippen LogP contribution in [0.5, 0.6) is 11.5 Å². The number of nitriles is 1. The smallest absolute Gasteiger partial charge is 0.320 e. The largest absolute Gasteiger partial charge is 0.488 e. The van der Waals surface area contributed by atoms with Crippen molar-refractivity contribution in [2.45, 2.75) is 45.1 Å². The number of pyridine rings is 1. The van der Waals surface area contributed by atoms with Gasteiger partial charge in [0.1, 0.15) is 42.5 Å². The average Bonchev–Trinajstić information content (AvgIpc) is 3.01. The van der Waals surface area contributed by atoms with Crippen LogP contribution >= 0.6 is 27.5 Å². The Morgan fingerprint density at radius 2 is 1.83 bits per heavy atom. The SMILES string of the molecule is N#Cc1cc(COc2cc(OCc3cccc(-c4ccccc4)c3Br)c(Cl)cc2CN2CCCCC2C(=O)O)ccn1. The summed E-state index contributed by atoms with van der Waals surface area (Å²) < 4.78 is 13.4. The maximum Gasteiger partial charge on any atom is 0.320 e. The van der Waals surface area contributed by atoms with Crippen molar-refractivity contribution in [3.05, 3.63) is 111 Å². The Morgan fingerprint density at radius 1 is 1.02 bits per heavy atom. The number of carbonyl (C=O) groups is 1. The molecule has 7 nitrogen and oxygen atoms in total. The summed E-state index contributed by atoms with van der Waals surface area (Å²) in [5.74, 6) is 0.164. The fourth-order valence-corrected chi connectivity index (χ4v) is 5.95. The van der Waals surface area contributed by atoms with E-state index in [4.69, 9.17) is 21.1 Å². The van der Waals surface area contributed by atoms with Crippen molar-refractivity contribution in [3.8, 4) is 28.7 Å². The molecule has 1 aliphatic rings. The maximum absolute atomic E-state index is 11.9. The molecule has 3 aromatic carbocycles. The molecule has 9 heteroatoms. The number of likely N-dealkylation sites (tertiary alicyclic amines) is 1. The monoisotopic (exact) mass is 645 g/mol. The zero-order valence-electron chi connectivity index (χ0n) is 22.8. The molecular formula is C33H29BrClN3O4. The van der Waals surface area contributed by atoms with Crippen molar-refractivity contribution < 1.29 is 19.4 Å². The van der Waals surface area contributed by atoms with Crippen LogP contribution in [0.4, 0.5) is 0 Å². The number of hydrogen-bond donors (Lipinski definition) is 1. The first-order valence-corrected chi connectivity index (χ1v) is 14.8. The number of rotatable bonds is 10. The molecule has 0 radical (unpaired) electrons. The fraction of sp³-hybridized carbons (Fsp3) is 0.242. The van der Waals surface area contributed by atoms with Gasteiger partial charge in [-0.3, -0.25) is 9.69 Å². The van der Waals surface area contributed by atoms with Gasteiger partial charge in [0.25, 0.3) is 0 Å². The molecule has 1 atom stereocenters. The van der Waals surface area contributed by atoms with Gasteiger partial charge in [0.05, 0.1) is 5.02 Å². The number of aromatic nitrogens is 1. The third kappa shape index (κ3) is 7.11. The highest BCUT2D eigenvalue weighted by Crippen LogP contribution is 2.37. The fourth-order valence-electron chi connectivity index (χ4n) is 5.10. The number of carboxylic acids is 1. The molecule has 5 rings (SSSR count). The molecule has 0 bridgehead atoms. The number of halogens is 2. The molecule has 1 unspecified atom stereocenters. The van der Waals surface area contributed by atoms with E-state index in [9.17, 15) is 15.2 Å². The Labute approximate surface area is 258 Å². The summed E-state index contributed by atoms with van der Waals surface area (Å²) in [5.41, 5.74) is 4.97.